The van der Waals surface area contributed by atoms with Gasteiger partial charge in [-0.2, -0.15) is 0 Å². The van der Waals surface area contributed by atoms with Gasteiger partial charge >= 0.3 is 0 Å². The van der Waals surface area contributed by atoms with Crippen molar-refractivity contribution in [3.05, 3.63) is 59.3 Å². The predicted octanol–water partition coefficient (Wildman–Crippen LogP) is 3.66. The van der Waals surface area contributed by atoms with Gasteiger partial charge in [-0.1, -0.05) is 24.3 Å². The molecular weight excluding hydrogens is 477 g/mol. The molecule has 2 heterocycles. The first-order chi connectivity index (χ1) is 13.6. The average molecular weight is 509 g/mol. The minimum Gasteiger partial charge on any atom is -0.375 e. The van der Waals surface area contributed by atoms with Crippen molar-refractivity contribution >= 4 is 35.8 Å². The van der Waals surface area contributed by atoms with Gasteiger partial charge in [-0.15, -0.1) is 24.0 Å². The molecule has 7 heteroatoms. The first kappa shape index (κ1) is 23.4. The van der Waals surface area contributed by atoms with Crippen molar-refractivity contribution < 1.29 is 4.74 Å². The summed E-state index contributed by atoms with van der Waals surface area (Å²) in [6.07, 6.45) is 2.11. The van der Waals surface area contributed by atoms with E-state index in [1.807, 2.05) is 12.3 Å². The number of pyridine rings is 1. The zero-order chi connectivity index (χ0) is 19.9. The summed E-state index contributed by atoms with van der Waals surface area (Å²) in [5.74, 6) is 1.79. The Kier molecular flexibility index (Phi) is 9.16. The van der Waals surface area contributed by atoms with Crippen LogP contribution in [0.1, 0.15) is 36.6 Å². The second-order valence-electron chi connectivity index (χ2n) is 7.30. The van der Waals surface area contributed by atoms with Crippen molar-refractivity contribution in [3.63, 3.8) is 0 Å². The van der Waals surface area contributed by atoms with Gasteiger partial charge in [-0.25, -0.2) is 4.98 Å². The number of rotatable bonds is 5. The number of morpholine rings is 1. The fourth-order valence-electron chi connectivity index (χ4n) is 3.51. The Morgan fingerprint density at radius 2 is 2.14 bits per heavy atom. The zero-order valence-electron chi connectivity index (χ0n) is 17.7. The molecule has 3 rings (SSSR count). The van der Waals surface area contributed by atoms with E-state index in [4.69, 9.17) is 4.74 Å². The summed E-state index contributed by atoms with van der Waals surface area (Å²) in [5, 5.41) is 6.89. The molecule has 2 N–H and O–H groups in total. The van der Waals surface area contributed by atoms with Crippen LogP contribution in [0.4, 0.5) is 5.82 Å². The molecule has 2 unspecified atom stereocenters. The van der Waals surface area contributed by atoms with Crippen molar-refractivity contribution in [1.29, 1.82) is 0 Å². The quantitative estimate of drug-likeness (QED) is 0.366. The van der Waals surface area contributed by atoms with Gasteiger partial charge in [0, 0.05) is 32.9 Å². The highest BCUT2D eigenvalue weighted by Crippen LogP contribution is 2.17. The van der Waals surface area contributed by atoms with Gasteiger partial charge in [-0.3, -0.25) is 4.99 Å². The molecule has 0 radical (unpaired) electrons. The Balaban J connectivity index is 0.00000300. The van der Waals surface area contributed by atoms with Gasteiger partial charge < -0.3 is 20.3 Å². The van der Waals surface area contributed by atoms with Crippen LogP contribution in [0.3, 0.4) is 0 Å². The van der Waals surface area contributed by atoms with E-state index in [1.165, 1.54) is 16.7 Å². The first-order valence-electron chi connectivity index (χ1n) is 9.91. The smallest absolute Gasteiger partial charge is 0.191 e. The lowest BCUT2D eigenvalue weighted by Gasteiger charge is -2.32. The van der Waals surface area contributed by atoms with Crippen molar-refractivity contribution in [2.75, 3.05) is 31.6 Å². The maximum Gasteiger partial charge on any atom is 0.191 e. The van der Waals surface area contributed by atoms with Gasteiger partial charge in [0.1, 0.15) is 5.82 Å². The Morgan fingerprint density at radius 1 is 1.34 bits per heavy atom. The third-order valence-corrected chi connectivity index (χ3v) is 5.07. The number of nitrogens with zero attached hydrogens (tertiary/aromatic N) is 3. The molecular formula is C22H32IN5O. The molecule has 2 atom stereocenters. The molecule has 6 nitrogen and oxygen atoms in total. The summed E-state index contributed by atoms with van der Waals surface area (Å²) in [4.78, 5) is 11.2. The van der Waals surface area contributed by atoms with E-state index in [-0.39, 0.29) is 36.1 Å². The highest BCUT2D eigenvalue weighted by Gasteiger charge is 2.18. The molecule has 158 valence electrons. The van der Waals surface area contributed by atoms with Crippen LogP contribution in [0.2, 0.25) is 0 Å². The zero-order valence-corrected chi connectivity index (χ0v) is 20.0. The summed E-state index contributed by atoms with van der Waals surface area (Å²) in [7, 11) is 1.80. The van der Waals surface area contributed by atoms with E-state index in [2.05, 4.69) is 76.6 Å². The van der Waals surface area contributed by atoms with Crippen LogP contribution < -0.4 is 15.5 Å². The van der Waals surface area contributed by atoms with Crippen molar-refractivity contribution in [2.24, 2.45) is 4.99 Å². The largest absolute Gasteiger partial charge is 0.375 e. The topological polar surface area (TPSA) is 61.8 Å². The number of halogens is 1. The van der Waals surface area contributed by atoms with Gasteiger partial charge in [0.05, 0.1) is 18.8 Å². The number of nitrogens with one attached hydrogen (secondary N) is 2. The molecule has 1 aliphatic rings. The maximum absolute atomic E-state index is 5.63. The molecule has 29 heavy (non-hydrogen) atoms. The van der Waals surface area contributed by atoms with Gasteiger partial charge in [0.15, 0.2) is 5.96 Å². The molecule has 0 bridgehead atoms. The van der Waals surface area contributed by atoms with E-state index >= 15 is 0 Å². The molecule has 0 aliphatic carbocycles. The maximum atomic E-state index is 5.63. The van der Waals surface area contributed by atoms with Crippen LogP contribution in [-0.4, -0.2) is 43.8 Å². The lowest BCUT2D eigenvalue weighted by atomic mass is 10.0. The first-order valence-corrected chi connectivity index (χ1v) is 9.91. The number of aliphatic imine (C=N–C) groups is 1. The van der Waals surface area contributed by atoms with Crippen LogP contribution in [-0.2, 0) is 11.3 Å². The molecule has 0 spiro atoms. The third kappa shape index (κ3) is 6.57. The van der Waals surface area contributed by atoms with Crippen molar-refractivity contribution in [2.45, 2.75) is 39.5 Å². The SMILES string of the molecule is CN=C(NCc1ccnc(N2CCOC(C)C2)c1)NC(C)c1ccccc1C.I. The summed E-state index contributed by atoms with van der Waals surface area (Å²) in [5.41, 5.74) is 3.73. The van der Waals surface area contributed by atoms with Crippen LogP contribution in [0.5, 0.6) is 0 Å². The normalized spacial score (nSPS) is 18.0. The lowest BCUT2D eigenvalue weighted by Crippen LogP contribution is -2.41. The highest BCUT2D eigenvalue weighted by molar-refractivity contribution is 14.0. The van der Waals surface area contributed by atoms with Crippen LogP contribution in [0.15, 0.2) is 47.6 Å². The van der Waals surface area contributed by atoms with Crippen LogP contribution >= 0.6 is 24.0 Å². The van der Waals surface area contributed by atoms with Gasteiger partial charge in [-0.05, 0) is 49.6 Å². The van der Waals surface area contributed by atoms with Crippen LogP contribution in [0, 0.1) is 6.92 Å². The van der Waals surface area contributed by atoms with Crippen molar-refractivity contribution in [1.82, 2.24) is 15.6 Å². The summed E-state index contributed by atoms with van der Waals surface area (Å²) in [6, 6.07) is 12.8. The fourth-order valence-corrected chi connectivity index (χ4v) is 3.51. The Morgan fingerprint density at radius 3 is 2.86 bits per heavy atom. The lowest BCUT2D eigenvalue weighted by molar-refractivity contribution is 0.0529. The number of aryl methyl sites for hydroxylation is 1. The number of aromatic nitrogens is 1. The summed E-state index contributed by atoms with van der Waals surface area (Å²) < 4.78 is 5.63. The molecule has 1 aromatic carbocycles. The fraction of sp³-hybridized carbons (Fsp3) is 0.455. The number of benzene rings is 1. The molecule has 1 aliphatic heterocycles. The van der Waals surface area contributed by atoms with E-state index in [9.17, 15) is 0 Å². The second-order valence-corrected chi connectivity index (χ2v) is 7.30. The Labute approximate surface area is 191 Å². The summed E-state index contributed by atoms with van der Waals surface area (Å²) in [6.45, 7) is 9.58. The number of hydrogen-bond acceptors (Lipinski definition) is 4. The average Bonchev–Trinajstić information content (AvgIpc) is 2.71. The van der Waals surface area contributed by atoms with Crippen molar-refractivity contribution in [3.8, 4) is 0 Å². The standard InChI is InChI=1S/C22H31N5O.HI/c1-16-7-5-6-8-20(16)18(3)26-22(23-4)25-14-19-9-10-24-21(13-19)27-11-12-28-17(2)15-27;/h5-10,13,17-18H,11-12,14-15H2,1-4H3,(H2,23,25,26);1H. The minimum atomic E-state index is 0. The number of ether oxygens (including phenoxy) is 1. The molecule has 0 saturated carbocycles. The van der Waals surface area contributed by atoms with E-state index in [0.29, 0.717) is 6.54 Å². The monoisotopic (exact) mass is 509 g/mol. The van der Waals surface area contributed by atoms with E-state index < -0.39 is 0 Å². The second kappa shape index (κ2) is 11.3. The predicted molar refractivity (Wildman–Crippen MR) is 130 cm³/mol. The number of hydrogen-bond donors (Lipinski definition) is 2. The summed E-state index contributed by atoms with van der Waals surface area (Å²) >= 11 is 0. The minimum absolute atomic E-state index is 0. The van der Waals surface area contributed by atoms with E-state index in [0.717, 1.165) is 31.5 Å². The molecule has 2 aromatic rings. The third-order valence-electron chi connectivity index (χ3n) is 5.07. The van der Waals surface area contributed by atoms with Gasteiger partial charge in [0.25, 0.3) is 0 Å². The molecule has 1 saturated heterocycles. The molecule has 1 aromatic heterocycles. The van der Waals surface area contributed by atoms with E-state index in [1.54, 1.807) is 7.05 Å². The molecule has 0 amide bonds. The van der Waals surface area contributed by atoms with Crippen LogP contribution in [0.25, 0.3) is 0 Å². The molecule has 1 fully saturated rings. The van der Waals surface area contributed by atoms with Gasteiger partial charge in [0.2, 0.25) is 0 Å². The number of guanidine groups is 1. The Bertz CT molecular complexity index is 813. The number of anilines is 1. The highest BCUT2D eigenvalue weighted by atomic mass is 127. The Hall–Kier alpha value is -1.87.